The molecule has 2 rings (SSSR count). The van der Waals surface area contributed by atoms with E-state index >= 15 is 0 Å². The van der Waals surface area contributed by atoms with Gasteiger partial charge in [0, 0.05) is 6.04 Å². The van der Waals surface area contributed by atoms with E-state index in [-0.39, 0.29) is 0 Å². The molecule has 1 fully saturated rings. The molecule has 1 aromatic carbocycles. The third-order valence-electron chi connectivity index (χ3n) is 4.30. The highest BCUT2D eigenvalue weighted by Gasteiger charge is 2.17. The third kappa shape index (κ3) is 5.64. The lowest BCUT2D eigenvalue weighted by atomic mass is 10.0. The van der Waals surface area contributed by atoms with Crippen LogP contribution in [0.2, 0.25) is 0 Å². The molecule has 0 spiro atoms. The lowest BCUT2D eigenvalue weighted by Crippen LogP contribution is -2.42. The average molecular weight is 274 g/mol. The van der Waals surface area contributed by atoms with Crippen molar-refractivity contribution in [2.75, 3.05) is 26.2 Å². The summed E-state index contributed by atoms with van der Waals surface area (Å²) in [6.07, 6.45) is 7.77. The van der Waals surface area contributed by atoms with Crippen LogP contribution in [0.25, 0.3) is 0 Å². The maximum atomic E-state index is 3.74. The summed E-state index contributed by atoms with van der Waals surface area (Å²) >= 11 is 0. The van der Waals surface area contributed by atoms with Crippen LogP contribution in [0.1, 0.15) is 44.6 Å². The van der Waals surface area contributed by atoms with Crippen molar-refractivity contribution in [1.29, 1.82) is 0 Å². The Morgan fingerprint density at radius 2 is 1.85 bits per heavy atom. The van der Waals surface area contributed by atoms with Crippen LogP contribution in [0.5, 0.6) is 0 Å². The highest BCUT2D eigenvalue weighted by molar-refractivity contribution is 5.14. The zero-order chi connectivity index (χ0) is 14.0. The first-order valence-corrected chi connectivity index (χ1v) is 8.38. The van der Waals surface area contributed by atoms with Crippen molar-refractivity contribution >= 4 is 0 Å². The fourth-order valence-electron chi connectivity index (χ4n) is 3.08. The largest absolute Gasteiger partial charge is 0.314 e. The molecule has 1 N–H and O–H groups in total. The summed E-state index contributed by atoms with van der Waals surface area (Å²) in [4.78, 5) is 2.60. The predicted octanol–water partition coefficient (Wildman–Crippen LogP) is 3.47. The molecule has 0 bridgehead atoms. The highest BCUT2D eigenvalue weighted by Crippen LogP contribution is 2.11. The Kier molecular flexibility index (Phi) is 7.10. The molecule has 1 aliphatic rings. The fraction of sp³-hybridized carbons (Fsp3) is 0.667. The van der Waals surface area contributed by atoms with E-state index < -0.39 is 0 Å². The fourth-order valence-corrected chi connectivity index (χ4v) is 3.08. The lowest BCUT2D eigenvalue weighted by molar-refractivity contribution is 0.198. The van der Waals surface area contributed by atoms with Crippen LogP contribution < -0.4 is 5.32 Å². The van der Waals surface area contributed by atoms with Crippen molar-refractivity contribution < 1.29 is 0 Å². The summed E-state index contributed by atoms with van der Waals surface area (Å²) in [5.41, 5.74) is 1.47. The number of piperidine rings is 1. The van der Waals surface area contributed by atoms with E-state index in [1.807, 2.05) is 0 Å². The van der Waals surface area contributed by atoms with Crippen LogP contribution in [0.3, 0.4) is 0 Å². The van der Waals surface area contributed by atoms with E-state index in [4.69, 9.17) is 0 Å². The average Bonchev–Trinajstić information content (AvgIpc) is 2.50. The third-order valence-corrected chi connectivity index (χ3v) is 4.30. The van der Waals surface area contributed by atoms with E-state index in [1.165, 1.54) is 70.3 Å². The maximum Gasteiger partial charge on any atom is 0.00914 e. The second kappa shape index (κ2) is 9.15. The zero-order valence-electron chi connectivity index (χ0n) is 13.0. The highest BCUT2D eigenvalue weighted by atomic mass is 15.1. The number of likely N-dealkylation sites (tertiary alicyclic amines) is 1. The van der Waals surface area contributed by atoms with Gasteiger partial charge in [-0.3, -0.25) is 0 Å². The molecule has 1 aromatic rings. The summed E-state index contributed by atoms with van der Waals surface area (Å²) in [6.45, 7) is 7.32. The summed E-state index contributed by atoms with van der Waals surface area (Å²) in [5.74, 6) is 0. The van der Waals surface area contributed by atoms with Crippen LogP contribution in [-0.2, 0) is 6.42 Å². The van der Waals surface area contributed by atoms with Crippen molar-refractivity contribution in [2.45, 2.75) is 51.5 Å². The molecular formula is C18H30N2. The molecule has 2 nitrogen and oxygen atoms in total. The number of rotatable bonds is 8. The van der Waals surface area contributed by atoms with E-state index in [0.717, 1.165) is 6.04 Å². The Morgan fingerprint density at radius 1 is 1.10 bits per heavy atom. The number of unbranched alkanes of at least 4 members (excludes halogenated alkanes) is 1. The van der Waals surface area contributed by atoms with Crippen LogP contribution in [-0.4, -0.2) is 37.1 Å². The molecule has 112 valence electrons. The lowest BCUT2D eigenvalue weighted by Gasteiger charge is -2.32. The van der Waals surface area contributed by atoms with E-state index in [1.54, 1.807) is 0 Å². The molecule has 0 saturated carbocycles. The van der Waals surface area contributed by atoms with Crippen LogP contribution in [0.4, 0.5) is 0 Å². The molecule has 20 heavy (non-hydrogen) atoms. The van der Waals surface area contributed by atoms with Crippen molar-refractivity contribution in [3.63, 3.8) is 0 Å². The summed E-state index contributed by atoms with van der Waals surface area (Å²) in [6, 6.07) is 11.6. The van der Waals surface area contributed by atoms with E-state index in [2.05, 4.69) is 47.5 Å². The smallest absolute Gasteiger partial charge is 0.00914 e. The number of hydrogen-bond donors (Lipinski definition) is 1. The van der Waals surface area contributed by atoms with Gasteiger partial charge in [0.15, 0.2) is 0 Å². The van der Waals surface area contributed by atoms with Gasteiger partial charge < -0.3 is 10.2 Å². The second-order valence-corrected chi connectivity index (χ2v) is 6.01. The number of aryl methyl sites for hydroxylation is 1. The van der Waals surface area contributed by atoms with Gasteiger partial charge in [-0.2, -0.15) is 0 Å². The molecule has 0 radical (unpaired) electrons. The number of nitrogens with zero attached hydrogens (tertiary/aromatic N) is 1. The van der Waals surface area contributed by atoms with E-state index in [0.29, 0.717) is 0 Å². The second-order valence-electron chi connectivity index (χ2n) is 6.01. The quantitative estimate of drug-likeness (QED) is 0.730. The first-order valence-electron chi connectivity index (χ1n) is 8.38. The minimum Gasteiger partial charge on any atom is -0.314 e. The van der Waals surface area contributed by atoms with Gasteiger partial charge in [0.2, 0.25) is 0 Å². The predicted molar refractivity (Wildman–Crippen MR) is 87.1 cm³/mol. The van der Waals surface area contributed by atoms with Gasteiger partial charge in [0.25, 0.3) is 0 Å². The van der Waals surface area contributed by atoms with Gasteiger partial charge in [-0.05, 0) is 70.3 Å². The van der Waals surface area contributed by atoms with Gasteiger partial charge in [0.1, 0.15) is 0 Å². The molecule has 2 heteroatoms. The Bertz CT molecular complexity index is 342. The van der Waals surface area contributed by atoms with Gasteiger partial charge in [-0.15, -0.1) is 0 Å². The Balaban J connectivity index is 1.50. The minimum atomic E-state index is 0.764. The van der Waals surface area contributed by atoms with Gasteiger partial charge >= 0.3 is 0 Å². The Morgan fingerprint density at radius 3 is 2.55 bits per heavy atom. The Labute approximate surface area is 124 Å². The summed E-state index contributed by atoms with van der Waals surface area (Å²) < 4.78 is 0. The monoisotopic (exact) mass is 274 g/mol. The molecule has 0 atom stereocenters. The molecular weight excluding hydrogens is 244 g/mol. The summed E-state index contributed by atoms with van der Waals surface area (Å²) in [7, 11) is 0. The first-order chi connectivity index (χ1) is 9.88. The SMILES string of the molecule is CCCN1CCC(NCCCCc2ccccc2)CC1. The number of nitrogens with one attached hydrogen (secondary N) is 1. The maximum absolute atomic E-state index is 3.74. The minimum absolute atomic E-state index is 0.764. The molecule has 0 aliphatic carbocycles. The number of hydrogen-bond acceptors (Lipinski definition) is 2. The molecule has 0 unspecified atom stereocenters. The molecule has 1 aliphatic heterocycles. The van der Waals surface area contributed by atoms with Crippen molar-refractivity contribution in [1.82, 2.24) is 10.2 Å². The summed E-state index contributed by atoms with van der Waals surface area (Å²) in [5, 5.41) is 3.74. The molecule has 1 heterocycles. The van der Waals surface area contributed by atoms with Gasteiger partial charge in [0.05, 0.1) is 0 Å². The van der Waals surface area contributed by atoms with Crippen molar-refractivity contribution in [3.8, 4) is 0 Å². The Hall–Kier alpha value is -0.860. The molecule has 0 amide bonds. The van der Waals surface area contributed by atoms with Gasteiger partial charge in [-0.25, -0.2) is 0 Å². The molecule has 1 saturated heterocycles. The van der Waals surface area contributed by atoms with Crippen LogP contribution in [0, 0.1) is 0 Å². The molecule has 0 aromatic heterocycles. The number of benzene rings is 1. The topological polar surface area (TPSA) is 15.3 Å². The van der Waals surface area contributed by atoms with Crippen LogP contribution in [0.15, 0.2) is 30.3 Å². The van der Waals surface area contributed by atoms with Gasteiger partial charge in [-0.1, -0.05) is 37.3 Å². The van der Waals surface area contributed by atoms with Crippen molar-refractivity contribution in [3.05, 3.63) is 35.9 Å². The normalized spacial score (nSPS) is 17.4. The zero-order valence-corrected chi connectivity index (χ0v) is 13.0. The van der Waals surface area contributed by atoms with Crippen molar-refractivity contribution in [2.24, 2.45) is 0 Å². The standard InChI is InChI=1S/C18H30N2/c1-2-14-20-15-11-18(12-16-20)19-13-7-6-10-17-8-4-3-5-9-17/h3-5,8-9,18-19H,2,6-7,10-16H2,1H3. The van der Waals surface area contributed by atoms with E-state index in [9.17, 15) is 0 Å². The first kappa shape index (κ1) is 15.5. The van der Waals surface area contributed by atoms with Crippen LogP contribution >= 0.6 is 0 Å².